The average molecular weight is 268 g/mol. The summed E-state index contributed by atoms with van der Waals surface area (Å²) in [6.45, 7) is 4.77. The number of benzene rings is 1. The van der Waals surface area contributed by atoms with Crippen molar-refractivity contribution < 1.29 is 13.9 Å². The summed E-state index contributed by atoms with van der Waals surface area (Å²) in [7, 11) is 1.77. The highest BCUT2D eigenvalue weighted by Gasteiger charge is 2.15. The van der Waals surface area contributed by atoms with E-state index in [-0.39, 0.29) is 11.7 Å². The zero-order valence-corrected chi connectivity index (χ0v) is 11.6. The van der Waals surface area contributed by atoms with Crippen LogP contribution in [0.4, 0.5) is 4.39 Å². The molecule has 1 rings (SSSR count). The van der Waals surface area contributed by atoms with Crippen molar-refractivity contribution in [2.24, 2.45) is 0 Å². The summed E-state index contributed by atoms with van der Waals surface area (Å²) in [5.74, 6) is 0.0390. The summed E-state index contributed by atoms with van der Waals surface area (Å²) in [5.41, 5.74) is 0.692. The number of hydrogen-bond donors (Lipinski definition) is 2. The number of carbonyl (C=O) groups is 1. The van der Waals surface area contributed by atoms with Gasteiger partial charge in [0, 0.05) is 18.7 Å². The summed E-state index contributed by atoms with van der Waals surface area (Å²) in [4.78, 5) is 11.7. The van der Waals surface area contributed by atoms with Crippen molar-refractivity contribution in [2.45, 2.75) is 32.9 Å². The van der Waals surface area contributed by atoms with Gasteiger partial charge in [-0.1, -0.05) is 6.92 Å². The lowest BCUT2D eigenvalue weighted by molar-refractivity contribution is -0.127. The van der Waals surface area contributed by atoms with E-state index in [0.29, 0.717) is 24.4 Å². The summed E-state index contributed by atoms with van der Waals surface area (Å²) in [6.07, 6.45) is 0.271. The Morgan fingerprint density at radius 1 is 1.47 bits per heavy atom. The molecule has 2 N–H and O–H groups in total. The molecule has 0 bridgehead atoms. The zero-order valence-electron chi connectivity index (χ0n) is 11.6. The molecule has 0 heterocycles. The van der Waals surface area contributed by atoms with Crippen LogP contribution in [0.3, 0.4) is 0 Å². The number of rotatable bonds is 7. The number of hydrogen-bond acceptors (Lipinski definition) is 3. The third-order valence-electron chi connectivity index (χ3n) is 2.61. The molecule has 106 valence electrons. The summed E-state index contributed by atoms with van der Waals surface area (Å²) in [5, 5.41) is 5.70. The molecule has 0 spiro atoms. The fraction of sp³-hybridized carbons (Fsp3) is 0.500. The molecular formula is C14H21FN2O2. The molecule has 0 aliphatic carbocycles. The van der Waals surface area contributed by atoms with Crippen molar-refractivity contribution in [3.05, 3.63) is 29.6 Å². The highest BCUT2D eigenvalue weighted by molar-refractivity contribution is 5.80. The summed E-state index contributed by atoms with van der Waals surface area (Å²) >= 11 is 0. The number of carbonyl (C=O) groups excluding carboxylic acids is 1. The Morgan fingerprint density at radius 3 is 2.84 bits per heavy atom. The van der Waals surface area contributed by atoms with Gasteiger partial charge >= 0.3 is 0 Å². The summed E-state index contributed by atoms with van der Waals surface area (Å²) in [6, 6.07) is 4.28. The van der Waals surface area contributed by atoms with Gasteiger partial charge in [0.2, 0.25) is 0 Å². The van der Waals surface area contributed by atoms with Crippen molar-refractivity contribution in [1.82, 2.24) is 10.6 Å². The summed E-state index contributed by atoms with van der Waals surface area (Å²) < 4.78 is 18.8. The standard InChI is InChI=1S/C14H21FN2O2/c1-4-7-17-14(18)10(2)19-13-6-5-12(15)8-11(13)9-16-3/h5-6,8,10,16H,4,7,9H2,1-3H3,(H,17,18). The Labute approximate surface area is 113 Å². The Morgan fingerprint density at radius 2 is 2.21 bits per heavy atom. The number of ether oxygens (including phenoxy) is 1. The molecule has 1 amide bonds. The maximum Gasteiger partial charge on any atom is 0.260 e. The van der Waals surface area contributed by atoms with Gasteiger partial charge < -0.3 is 15.4 Å². The Kier molecular flexibility index (Phi) is 6.29. The highest BCUT2D eigenvalue weighted by Crippen LogP contribution is 2.21. The van der Waals surface area contributed by atoms with E-state index in [1.165, 1.54) is 12.1 Å². The second-order valence-corrected chi connectivity index (χ2v) is 4.33. The molecule has 5 heteroatoms. The van der Waals surface area contributed by atoms with Gasteiger partial charge in [-0.15, -0.1) is 0 Å². The zero-order chi connectivity index (χ0) is 14.3. The molecule has 1 aromatic carbocycles. The minimum absolute atomic E-state index is 0.165. The van der Waals surface area contributed by atoms with Gasteiger partial charge in [0.25, 0.3) is 5.91 Å². The molecular weight excluding hydrogens is 247 g/mol. The molecule has 0 fully saturated rings. The van der Waals surface area contributed by atoms with Crippen molar-refractivity contribution in [2.75, 3.05) is 13.6 Å². The second-order valence-electron chi connectivity index (χ2n) is 4.33. The predicted molar refractivity (Wildman–Crippen MR) is 72.6 cm³/mol. The largest absolute Gasteiger partial charge is 0.481 e. The Hall–Kier alpha value is -1.62. The van der Waals surface area contributed by atoms with E-state index in [1.54, 1.807) is 20.0 Å². The van der Waals surface area contributed by atoms with E-state index in [4.69, 9.17) is 4.74 Å². The van der Waals surface area contributed by atoms with Crippen LogP contribution in [0.2, 0.25) is 0 Å². The first-order valence-corrected chi connectivity index (χ1v) is 6.45. The molecule has 1 unspecified atom stereocenters. The average Bonchev–Trinajstić information content (AvgIpc) is 2.39. The van der Waals surface area contributed by atoms with Crippen molar-refractivity contribution in [3.63, 3.8) is 0 Å². The number of halogens is 1. The molecule has 19 heavy (non-hydrogen) atoms. The van der Waals surface area contributed by atoms with Crippen LogP contribution < -0.4 is 15.4 Å². The molecule has 0 aromatic heterocycles. The van der Waals surface area contributed by atoms with E-state index in [2.05, 4.69) is 10.6 Å². The van der Waals surface area contributed by atoms with Crippen molar-refractivity contribution in [1.29, 1.82) is 0 Å². The van der Waals surface area contributed by atoms with Crippen LogP contribution in [0, 0.1) is 5.82 Å². The van der Waals surface area contributed by atoms with E-state index >= 15 is 0 Å². The minimum atomic E-state index is -0.604. The number of amides is 1. The fourth-order valence-electron chi connectivity index (χ4n) is 1.63. The first-order valence-electron chi connectivity index (χ1n) is 6.45. The van der Waals surface area contributed by atoms with Gasteiger partial charge in [-0.25, -0.2) is 4.39 Å². The van der Waals surface area contributed by atoms with Gasteiger partial charge in [-0.2, -0.15) is 0 Å². The predicted octanol–water partition coefficient (Wildman–Crippen LogP) is 1.84. The maximum absolute atomic E-state index is 13.2. The smallest absolute Gasteiger partial charge is 0.260 e. The maximum atomic E-state index is 13.2. The fourth-order valence-corrected chi connectivity index (χ4v) is 1.63. The molecule has 4 nitrogen and oxygen atoms in total. The van der Waals surface area contributed by atoms with E-state index in [1.807, 2.05) is 6.92 Å². The van der Waals surface area contributed by atoms with Crippen LogP contribution in [0.15, 0.2) is 18.2 Å². The van der Waals surface area contributed by atoms with Crippen LogP contribution in [0.25, 0.3) is 0 Å². The Bertz CT molecular complexity index is 424. The third kappa shape index (κ3) is 4.87. The van der Waals surface area contributed by atoms with Crippen LogP contribution in [0.1, 0.15) is 25.8 Å². The first kappa shape index (κ1) is 15.4. The first-order chi connectivity index (χ1) is 9.08. The molecule has 0 aliphatic heterocycles. The van der Waals surface area contributed by atoms with Crippen LogP contribution in [0.5, 0.6) is 5.75 Å². The highest BCUT2D eigenvalue weighted by atomic mass is 19.1. The molecule has 1 atom stereocenters. The van der Waals surface area contributed by atoms with Gasteiger partial charge in [0.15, 0.2) is 6.10 Å². The molecule has 0 saturated heterocycles. The normalized spacial score (nSPS) is 12.0. The quantitative estimate of drug-likeness (QED) is 0.793. The lowest BCUT2D eigenvalue weighted by atomic mass is 10.2. The van der Waals surface area contributed by atoms with Crippen LogP contribution >= 0.6 is 0 Å². The molecule has 0 saturated carbocycles. The second kappa shape index (κ2) is 7.74. The molecule has 1 aromatic rings. The van der Waals surface area contributed by atoms with Crippen LogP contribution in [-0.4, -0.2) is 25.6 Å². The molecule has 0 radical (unpaired) electrons. The van der Waals surface area contributed by atoms with E-state index < -0.39 is 6.10 Å². The molecule has 0 aliphatic rings. The lowest BCUT2D eigenvalue weighted by Gasteiger charge is -2.17. The van der Waals surface area contributed by atoms with E-state index in [9.17, 15) is 9.18 Å². The van der Waals surface area contributed by atoms with E-state index in [0.717, 1.165) is 6.42 Å². The van der Waals surface area contributed by atoms with Gasteiger partial charge in [0.1, 0.15) is 11.6 Å². The minimum Gasteiger partial charge on any atom is -0.481 e. The third-order valence-corrected chi connectivity index (χ3v) is 2.61. The van der Waals surface area contributed by atoms with Gasteiger partial charge in [-0.3, -0.25) is 4.79 Å². The van der Waals surface area contributed by atoms with Gasteiger partial charge in [-0.05, 0) is 38.6 Å². The van der Waals surface area contributed by atoms with Gasteiger partial charge in [0.05, 0.1) is 0 Å². The number of nitrogens with one attached hydrogen (secondary N) is 2. The Balaban J connectivity index is 2.72. The van der Waals surface area contributed by atoms with Crippen molar-refractivity contribution >= 4 is 5.91 Å². The SMILES string of the molecule is CCCNC(=O)C(C)Oc1ccc(F)cc1CNC. The topological polar surface area (TPSA) is 50.4 Å². The van der Waals surface area contributed by atoms with Crippen molar-refractivity contribution in [3.8, 4) is 5.75 Å². The lowest BCUT2D eigenvalue weighted by Crippen LogP contribution is -2.36. The van der Waals surface area contributed by atoms with Crippen LogP contribution in [-0.2, 0) is 11.3 Å². The monoisotopic (exact) mass is 268 g/mol.